The molecule has 0 aromatic rings. The van der Waals surface area contributed by atoms with Crippen LogP contribution in [0.5, 0.6) is 0 Å². The molecule has 2 heteroatoms. The monoisotopic (exact) mass is 140 g/mol. The summed E-state index contributed by atoms with van der Waals surface area (Å²) in [5.41, 5.74) is 0. The molecule has 0 aliphatic rings. The molecule has 0 saturated carbocycles. The summed E-state index contributed by atoms with van der Waals surface area (Å²) in [5.74, 6) is 0. The molecule has 0 aliphatic carbocycles. The minimum absolute atomic E-state index is 0. The number of hydrogen-bond donors (Lipinski definition) is 0. The second kappa shape index (κ2) is 129. The van der Waals surface area contributed by atoms with Gasteiger partial charge in [-0.2, -0.15) is 0 Å². The number of rotatable bonds is 1. The fourth-order valence-corrected chi connectivity index (χ4v) is 0. The highest BCUT2D eigenvalue weighted by Crippen LogP contribution is 1.69. The predicted molar refractivity (Wildman–Crippen MR) is 41.4 cm³/mol. The van der Waals surface area contributed by atoms with Crippen molar-refractivity contribution in [2.24, 2.45) is 0 Å². The maximum atomic E-state index is 10.7. The predicted octanol–water partition coefficient (Wildman–Crippen LogP) is 3.35. The van der Waals surface area contributed by atoms with Crippen LogP contribution in [0.25, 0.3) is 0 Å². The summed E-state index contributed by atoms with van der Waals surface area (Å²) >= 11 is 0. The van der Waals surface area contributed by atoms with Gasteiger partial charge in [-0.05, 0) is 6.42 Å². The Morgan fingerprint density at radius 3 is 1.33 bits per heavy atom. The highest BCUT2D eigenvalue weighted by atomic mass is 19.1. The number of hydrogen-bond acceptors (Lipinski definition) is 0. The zero-order valence-corrected chi connectivity index (χ0v) is 6.61. The van der Waals surface area contributed by atoms with Crippen LogP contribution in [0.1, 0.15) is 27.2 Å². The van der Waals surface area contributed by atoms with Gasteiger partial charge in [-0.15, -0.1) is 13.2 Å². The molecule has 0 aromatic carbocycles. The van der Waals surface area contributed by atoms with Gasteiger partial charge >= 0.3 is 0 Å². The first-order valence-electron chi connectivity index (χ1n) is 2.97. The molecule has 0 N–H and O–H groups in total. The summed E-state index contributed by atoms with van der Waals surface area (Å²) in [6, 6.07) is 0. The minimum Gasteiger partial charge on any atom is -0.269 e. The Bertz CT molecular complexity index is 14.4. The van der Waals surface area contributed by atoms with Gasteiger partial charge in [-0.25, -0.2) is 0 Å². The summed E-state index contributed by atoms with van der Waals surface area (Å²) in [4.78, 5) is 0. The van der Waals surface area contributed by atoms with Crippen LogP contribution in [0, 0.1) is 0 Å². The summed E-state index contributed by atoms with van der Waals surface area (Å²) < 4.78 is 10.7. The van der Waals surface area contributed by atoms with Crippen LogP contribution >= 0.6 is 0 Å². The Labute approximate surface area is 57.1 Å². The summed E-state index contributed by atoms with van der Waals surface area (Å²) in [5, 5.41) is 0. The highest BCUT2D eigenvalue weighted by molar-refractivity contribution is 4.22. The van der Waals surface area contributed by atoms with Crippen molar-refractivity contribution in [2.75, 3.05) is 6.67 Å². The van der Waals surface area contributed by atoms with E-state index in [9.17, 15) is 4.39 Å². The van der Waals surface area contributed by atoms with Crippen LogP contribution in [0.4, 0.5) is 9.09 Å². The second-order valence-corrected chi connectivity index (χ2v) is 0.689. The summed E-state index contributed by atoms with van der Waals surface area (Å²) in [7, 11) is 0. The van der Waals surface area contributed by atoms with Crippen LogP contribution in [0.3, 0.4) is 0 Å². The Morgan fingerprint density at radius 1 is 1.22 bits per heavy atom. The lowest BCUT2D eigenvalue weighted by atomic mass is 10.6. The van der Waals surface area contributed by atoms with E-state index in [1.165, 1.54) is 0 Å². The lowest BCUT2D eigenvalue weighted by Gasteiger charge is -1.64. The third-order valence-corrected chi connectivity index (χ3v) is 0.189. The van der Waals surface area contributed by atoms with E-state index in [-0.39, 0.29) is 11.4 Å². The molecule has 0 radical (unpaired) electrons. The van der Waals surface area contributed by atoms with Crippen molar-refractivity contribution in [3.8, 4) is 0 Å². The van der Waals surface area contributed by atoms with Gasteiger partial charge in [0.05, 0.1) is 6.67 Å². The molecule has 60 valence electrons. The van der Waals surface area contributed by atoms with Crippen molar-refractivity contribution >= 4 is 0 Å². The molecule has 0 saturated heterocycles. The SMILES string of the molecule is C=C.CC.CCCF.F. The molecule has 0 aromatic heterocycles. The first kappa shape index (κ1) is 23.5. The van der Waals surface area contributed by atoms with Crippen molar-refractivity contribution < 1.29 is 9.09 Å². The van der Waals surface area contributed by atoms with Gasteiger partial charge < -0.3 is 0 Å². The van der Waals surface area contributed by atoms with Gasteiger partial charge in [0, 0.05) is 0 Å². The Balaban J connectivity index is -0.0000000221. The molecule has 0 aliphatic heterocycles. The summed E-state index contributed by atoms with van der Waals surface area (Å²) in [6.45, 7) is 11.6. The Morgan fingerprint density at radius 2 is 1.33 bits per heavy atom. The fourth-order valence-electron chi connectivity index (χ4n) is 0. The third-order valence-electron chi connectivity index (χ3n) is 0.189. The van der Waals surface area contributed by atoms with Gasteiger partial charge in [-0.3, -0.25) is 9.09 Å². The molecular formula is C7H18F2. The molecule has 0 bridgehead atoms. The van der Waals surface area contributed by atoms with Crippen LogP contribution in [-0.4, -0.2) is 6.67 Å². The van der Waals surface area contributed by atoms with Gasteiger partial charge in [0.1, 0.15) is 0 Å². The van der Waals surface area contributed by atoms with E-state index >= 15 is 0 Å². The number of halogens is 2. The molecule has 0 fully saturated rings. The molecule has 0 unspecified atom stereocenters. The average molecular weight is 140 g/mol. The van der Waals surface area contributed by atoms with Crippen molar-refractivity contribution in [3.63, 3.8) is 0 Å². The Hall–Kier alpha value is -0.400. The van der Waals surface area contributed by atoms with E-state index in [1.807, 2.05) is 13.8 Å². The lowest BCUT2D eigenvalue weighted by molar-refractivity contribution is 0.487. The van der Waals surface area contributed by atoms with Crippen LogP contribution in [-0.2, 0) is 0 Å². The molecule has 0 amide bonds. The molecule has 0 atom stereocenters. The molecule has 0 spiro atoms. The topological polar surface area (TPSA) is 0 Å². The largest absolute Gasteiger partial charge is 0.269 e. The number of alkyl halides is 1. The molecule has 9 heavy (non-hydrogen) atoms. The van der Waals surface area contributed by atoms with Gasteiger partial charge in [0.15, 0.2) is 0 Å². The van der Waals surface area contributed by atoms with E-state index < -0.39 is 0 Å². The maximum Gasteiger partial charge on any atom is 0.0891 e. The van der Waals surface area contributed by atoms with Crippen LogP contribution < -0.4 is 0 Å². The van der Waals surface area contributed by atoms with Crippen molar-refractivity contribution in [1.82, 2.24) is 0 Å². The van der Waals surface area contributed by atoms with E-state index in [2.05, 4.69) is 13.2 Å². The molecule has 0 nitrogen and oxygen atoms in total. The second-order valence-electron chi connectivity index (χ2n) is 0.689. The first-order chi connectivity index (χ1) is 3.91. The smallest absolute Gasteiger partial charge is 0.0891 e. The highest BCUT2D eigenvalue weighted by Gasteiger charge is 1.60. The summed E-state index contributed by atoms with van der Waals surface area (Å²) in [6.07, 6.45) is 0.653. The van der Waals surface area contributed by atoms with E-state index in [0.29, 0.717) is 6.42 Å². The van der Waals surface area contributed by atoms with Crippen molar-refractivity contribution in [3.05, 3.63) is 13.2 Å². The molecule has 0 rings (SSSR count). The van der Waals surface area contributed by atoms with Crippen LogP contribution in [0.2, 0.25) is 0 Å². The third kappa shape index (κ3) is 662. The lowest BCUT2D eigenvalue weighted by Crippen LogP contribution is -1.58. The minimum atomic E-state index is -0.181. The van der Waals surface area contributed by atoms with Gasteiger partial charge in [-0.1, -0.05) is 20.8 Å². The van der Waals surface area contributed by atoms with Crippen molar-refractivity contribution in [2.45, 2.75) is 27.2 Å². The first-order valence-corrected chi connectivity index (χ1v) is 2.97. The van der Waals surface area contributed by atoms with Crippen molar-refractivity contribution in [1.29, 1.82) is 0 Å². The zero-order chi connectivity index (χ0) is 7.41. The van der Waals surface area contributed by atoms with E-state index in [0.717, 1.165) is 0 Å². The average Bonchev–Trinajstić information content (AvgIpc) is 1.96. The quantitative estimate of drug-likeness (QED) is 0.490. The Kier molecular flexibility index (Phi) is 337. The standard InChI is InChI=1S/C3H7F.C2H6.C2H4.FH/c1-2-3-4;2*1-2;/h2-3H2,1H3;1-2H3;1-2H2;1H. The van der Waals surface area contributed by atoms with Gasteiger partial charge in [0.2, 0.25) is 0 Å². The zero-order valence-electron chi connectivity index (χ0n) is 6.61. The van der Waals surface area contributed by atoms with E-state index in [1.54, 1.807) is 6.92 Å². The molecule has 0 heterocycles. The maximum absolute atomic E-state index is 10.7. The van der Waals surface area contributed by atoms with Crippen LogP contribution in [0.15, 0.2) is 13.2 Å². The van der Waals surface area contributed by atoms with Gasteiger partial charge in [0.25, 0.3) is 0 Å². The molecular weight excluding hydrogens is 122 g/mol. The fraction of sp³-hybridized carbons (Fsp3) is 0.714. The van der Waals surface area contributed by atoms with E-state index in [4.69, 9.17) is 0 Å². The normalized spacial score (nSPS) is 4.44.